The highest BCUT2D eigenvalue weighted by Gasteiger charge is 2.34. The molecule has 7 nitrogen and oxygen atoms in total. The standard InChI is InChI=1S/C17H21N3O4/c1-24-17(23)14-10-20(6-7-21)16(22)15(14)19-13-3-2-12-9-18-5-4-11(12)8-13/h2-3,8,18-19,21H,4-7,9-10H2,1H3. The first-order chi connectivity index (χ1) is 11.6. The number of carbonyl (C=O) groups excluding carboxylic acids is 2. The molecule has 0 radical (unpaired) electrons. The lowest BCUT2D eigenvalue weighted by Gasteiger charge is -2.19. The van der Waals surface area contributed by atoms with E-state index < -0.39 is 5.97 Å². The molecule has 0 saturated carbocycles. The monoisotopic (exact) mass is 331 g/mol. The summed E-state index contributed by atoms with van der Waals surface area (Å²) in [5.41, 5.74) is 3.76. The molecule has 2 aliphatic heterocycles. The second-order valence-corrected chi connectivity index (χ2v) is 5.83. The Kier molecular flexibility index (Phi) is 4.82. The first-order valence-corrected chi connectivity index (χ1v) is 7.95. The van der Waals surface area contributed by atoms with E-state index in [2.05, 4.69) is 10.6 Å². The van der Waals surface area contributed by atoms with Gasteiger partial charge in [0.2, 0.25) is 0 Å². The van der Waals surface area contributed by atoms with Crippen molar-refractivity contribution in [3.8, 4) is 0 Å². The van der Waals surface area contributed by atoms with Crippen LogP contribution in [0.15, 0.2) is 29.5 Å². The Labute approximate surface area is 140 Å². The quantitative estimate of drug-likeness (QED) is 0.658. The summed E-state index contributed by atoms with van der Waals surface area (Å²) in [7, 11) is 1.29. The molecule has 0 bridgehead atoms. The SMILES string of the molecule is COC(=O)C1=C(Nc2ccc3c(c2)CCNC3)C(=O)N(CCO)C1. The average Bonchev–Trinajstić information content (AvgIpc) is 2.91. The molecule has 0 aromatic heterocycles. The van der Waals surface area contributed by atoms with Crippen LogP contribution in [0.4, 0.5) is 5.69 Å². The molecule has 2 heterocycles. The second-order valence-electron chi connectivity index (χ2n) is 5.83. The van der Waals surface area contributed by atoms with Crippen LogP contribution in [0, 0.1) is 0 Å². The summed E-state index contributed by atoms with van der Waals surface area (Å²) in [5, 5.41) is 15.5. The van der Waals surface area contributed by atoms with Crippen LogP contribution in [0.5, 0.6) is 0 Å². The minimum atomic E-state index is -0.534. The van der Waals surface area contributed by atoms with Gasteiger partial charge in [0.25, 0.3) is 5.91 Å². The van der Waals surface area contributed by atoms with Crippen molar-refractivity contribution < 1.29 is 19.4 Å². The van der Waals surface area contributed by atoms with Crippen molar-refractivity contribution in [2.24, 2.45) is 0 Å². The summed E-state index contributed by atoms with van der Waals surface area (Å²) >= 11 is 0. The molecule has 7 heteroatoms. The van der Waals surface area contributed by atoms with Crippen LogP contribution in [-0.2, 0) is 27.3 Å². The third kappa shape index (κ3) is 3.13. The first kappa shape index (κ1) is 16.5. The summed E-state index contributed by atoms with van der Waals surface area (Å²) in [5.74, 6) is -0.836. The van der Waals surface area contributed by atoms with E-state index in [1.807, 2.05) is 18.2 Å². The third-order valence-corrected chi connectivity index (χ3v) is 4.32. The van der Waals surface area contributed by atoms with Gasteiger partial charge in [-0.25, -0.2) is 4.79 Å². The number of aliphatic hydroxyl groups excluding tert-OH is 1. The maximum atomic E-state index is 12.5. The molecule has 24 heavy (non-hydrogen) atoms. The molecule has 2 aliphatic rings. The molecule has 0 atom stereocenters. The number of aliphatic hydroxyl groups is 1. The summed E-state index contributed by atoms with van der Waals surface area (Å²) in [6, 6.07) is 5.93. The number of hydrogen-bond acceptors (Lipinski definition) is 6. The van der Waals surface area contributed by atoms with Crippen LogP contribution >= 0.6 is 0 Å². The minimum Gasteiger partial charge on any atom is -0.466 e. The Balaban J connectivity index is 1.87. The molecule has 128 valence electrons. The van der Waals surface area contributed by atoms with Gasteiger partial charge in [-0.15, -0.1) is 0 Å². The van der Waals surface area contributed by atoms with Gasteiger partial charge in [-0.2, -0.15) is 0 Å². The highest BCUT2D eigenvalue weighted by Crippen LogP contribution is 2.25. The van der Waals surface area contributed by atoms with Crippen molar-refractivity contribution in [3.05, 3.63) is 40.6 Å². The van der Waals surface area contributed by atoms with Crippen LogP contribution in [0.1, 0.15) is 11.1 Å². The van der Waals surface area contributed by atoms with E-state index in [0.717, 1.165) is 25.2 Å². The van der Waals surface area contributed by atoms with Crippen LogP contribution in [-0.4, -0.2) is 55.2 Å². The molecule has 0 fully saturated rings. The molecule has 3 N–H and O–H groups in total. The summed E-state index contributed by atoms with van der Waals surface area (Å²) < 4.78 is 4.78. The number of rotatable bonds is 5. The number of β-amino-alcohol motifs (C(OH)–C–C–N with tert-alkyl or cyclic N) is 1. The molecule has 0 unspecified atom stereocenters. The van der Waals surface area contributed by atoms with Crippen LogP contribution < -0.4 is 10.6 Å². The van der Waals surface area contributed by atoms with E-state index in [-0.39, 0.29) is 36.9 Å². The van der Waals surface area contributed by atoms with Gasteiger partial charge < -0.3 is 25.4 Å². The van der Waals surface area contributed by atoms with Crippen molar-refractivity contribution in [1.29, 1.82) is 0 Å². The van der Waals surface area contributed by atoms with Gasteiger partial charge in [-0.3, -0.25) is 4.79 Å². The van der Waals surface area contributed by atoms with E-state index >= 15 is 0 Å². The number of anilines is 1. The lowest BCUT2D eigenvalue weighted by atomic mass is 10.0. The van der Waals surface area contributed by atoms with Crippen molar-refractivity contribution in [1.82, 2.24) is 10.2 Å². The van der Waals surface area contributed by atoms with Crippen LogP contribution in [0.25, 0.3) is 0 Å². The highest BCUT2D eigenvalue weighted by molar-refractivity contribution is 6.08. The fourth-order valence-electron chi connectivity index (χ4n) is 3.05. The van der Waals surface area contributed by atoms with Crippen molar-refractivity contribution in [2.45, 2.75) is 13.0 Å². The van der Waals surface area contributed by atoms with Crippen molar-refractivity contribution in [3.63, 3.8) is 0 Å². The van der Waals surface area contributed by atoms with Crippen molar-refractivity contribution >= 4 is 17.6 Å². The molecule has 0 aliphatic carbocycles. The van der Waals surface area contributed by atoms with E-state index in [4.69, 9.17) is 9.84 Å². The number of nitrogens with one attached hydrogen (secondary N) is 2. The Hall–Kier alpha value is -2.38. The number of amides is 1. The predicted octanol–water partition coefficient (Wildman–Crippen LogP) is 0.00580. The third-order valence-electron chi connectivity index (χ3n) is 4.32. The molecule has 1 aromatic carbocycles. The average molecular weight is 331 g/mol. The smallest absolute Gasteiger partial charge is 0.337 e. The number of carbonyl (C=O) groups is 2. The van der Waals surface area contributed by atoms with Gasteiger partial charge in [0.05, 0.1) is 25.8 Å². The zero-order valence-electron chi connectivity index (χ0n) is 13.6. The number of benzene rings is 1. The summed E-state index contributed by atoms with van der Waals surface area (Å²) in [4.78, 5) is 25.9. The molecular formula is C17H21N3O4. The normalized spacial score (nSPS) is 17.1. The zero-order chi connectivity index (χ0) is 17.1. The summed E-state index contributed by atoms with van der Waals surface area (Å²) in [6.07, 6.45) is 0.929. The largest absolute Gasteiger partial charge is 0.466 e. The van der Waals surface area contributed by atoms with E-state index in [0.29, 0.717) is 0 Å². The summed E-state index contributed by atoms with van der Waals surface area (Å²) in [6.45, 7) is 1.94. The predicted molar refractivity (Wildman–Crippen MR) is 88.2 cm³/mol. The highest BCUT2D eigenvalue weighted by atomic mass is 16.5. The topological polar surface area (TPSA) is 90.9 Å². The molecule has 0 saturated heterocycles. The van der Waals surface area contributed by atoms with Crippen LogP contribution in [0.3, 0.4) is 0 Å². The number of fused-ring (bicyclic) bond motifs is 1. The Bertz CT molecular complexity index is 699. The number of methoxy groups -OCH3 is 1. The van der Waals surface area contributed by atoms with E-state index in [9.17, 15) is 9.59 Å². The Morgan fingerprint density at radius 1 is 1.42 bits per heavy atom. The molecule has 3 rings (SSSR count). The fraction of sp³-hybridized carbons (Fsp3) is 0.412. The van der Waals surface area contributed by atoms with Gasteiger partial charge in [0, 0.05) is 18.8 Å². The van der Waals surface area contributed by atoms with E-state index in [1.54, 1.807) is 0 Å². The lowest BCUT2D eigenvalue weighted by molar-refractivity contribution is -0.136. The zero-order valence-corrected chi connectivity index (χ0v) is 13.6. The van der Waals surface area contributed by atoms with Crippen LogP contribution in [0.2, 0.25) is 0 Å². The second kappa shape index (κ2) is 7.02. The number of hydrogen-bond donors (Lipinski definition) is 3. The fourth-order valence-corrected chi connectivity index (χ4v) is 3.05. The number of nitrogens with zero attached hydrogens (tertiary/aromatic N) is 1. The number of esters is 1. The number of ether oxygens (including phenoxy) is 1. The first-order valence-electron chi connectivity index (χ1n) is 7.95. The Morgan fingerprint density at radius 2 is 2.25 bits per heavy atom. The van der Waals surface area contributed by atoms with Gasteiger partial charge >= 0.3 is 5.97 Å². The molecule has 1 amide bonds. The lowest BCUT2D eigenvalue weighted by Crippen LogP contribution is -2.31. The van der Waals surface area contributed by atoms with Crippen molar-refractivity contribution in [2.75, 3.05) is 38.7 Å². The van der Waals surface area contributed by atoms with Gasteiger partial charge in [-0.05, 0) is 36.2 Å². The molecule has 0 spiro atoms. The van der Waals surface area contributed by atoms with Gasteiger partial charge in [0.15, 0.2) is 0 Å². The van der Waals surface area contributed by atoms with Gasteiger partial charge in [0.1, 0.15) is 5.70 Å². The molecule has 1 aromatic rings. The minimum absolute atomic E-state index is 0.142. The van der Waals surface area contributed by atoms with E-state index in [1.165, 1.54) is 23.1 Å². The molecular weight excluding hydrogens is 310 g/mol. The van der Waals surface area contributed by atoms with Gasteiger partial charge in [-0.1, -0.05) is 6.07 Å². The Morgan fingerprint density at radius 3 is 3.00 bits per heavy atom. The maximum absolute atomic E-state index is 12.5. The maximum Gasteiger partial charge on any atom is 0.337 e.